The number of aryl methyl sites for hydroxylation is 2. The zero-order valence-electron chi connectivity index (χ0n) is 17.2. The Hall–Kier alpha value is -3.60. The minimum atomic E-state index is -4.17. The van der Waals surface area contributed by atoms with E-state index < -0.39 is 27.7 Å². The van der Waals surface area contributed by atoms with E-state index in [1.807, 2.05) is 0 Å². The van der Waals surface area contributed by atoms with Crippen LogP contribution in [0.1, 0.15) is 33.2 Å². The molecule has 2 aromatic carbocycles. The number of hydrogen-bond acceptors (Lipinski definition) is 8. The van der Waals surface area contributed by atoms with Crippen molar-refractivity contribution in [1.29, 1.82) is 0 Å². The topological polar surface area (TPSA) is 134 Å². The molecule has 164 valence electrons. The third-order valence-corrected chi connectivity index (χ3v) is 6.12. The maximum atomic E-state index is 13.1. The molecule has 31 heavy (non-hydrogen) atoms. The second kappa shape index (κ2) is 8.26. The molecule has 1 aromatic heterocycles. The number of carbonyl (C=O) groups is 2. The molecule has 10 nitrogen and oxygen atoms in total. The van der Waals surface area contributed by atoms with Crippen LogP contribution in [0.3, 0.4) is 0 Å². The van der Waals surface area contributed by atoms with Gasteiger partial charge in [0.1, 0.15) is 0 Å². The van der Waals surface area contributed by atoms with E-state index >= 15 is 0 Å². The number of carbonyl (C=O) groups excluding carboxylic acids is 2. The molecule has 0 aliphatic rings. The van der Waals surface area contributed by atoms with Crippen LogP contribution >= 0.6 is 0 Å². The third kappa shape index (κ3) is 4.17. The Kier molecular flexibility index (Phi) is 5.89. The number of nitrogens with one attached hydrogen (secondary N) is 1. The minimum Gasteiger partial charge on any atom is -0.465 e. The fraction of sp³-hybridized carbons (Fsp3) is 0.250. The average Bonchev–Trinajstić information content (AvgIpc) is 3.04. The van der Waals surface area contributed by atoms with Crippen LogP contribution in [0.2, 0.25) is 0 Å². The SMILES string of the molecule is CCn1c(=O)oc2cc(S(=O)(=O)Nc3cc(C(=O)OC)cc(C(=O)OC)c3)c(C)cc21. The highest BCUT2D eigenvalue weighted by atomic mass is 32.2. The number of anilines is 1. The molecule has 1 N–H and O–H groups in total. The van der Waals surface area contributed by atoms with Crippen LogP contribution in [0, 0.1) is 6.92 Å². The maximum absolute atomic E-state index is 13.1. The van der Waals surface area contributed by atoms with Crippen LogP contribution in [-0.4, -0.2) is 39.1 Å². The third-order valence-electron chi connectivity index (χ3n) is 4.60. The first kappa shape index (κ1) is 22.1. The van der Waals surface area contributed by atoms with Crippen molar-refractivity contribution in [3.63, 3.8) is 0 Å². The predicted octanol–water partition coefficient (Wildman–Crippen LogP) is 2.30. The Morgan fingerprint density at radius 2 is 1.61 bits per heavy atom. The van der Waals surface area contributed by atoms with Gasteiger partial charge in [-0.3, -0.25) is 9.29 Å². The fourth-order valence-electron chi connectivity index (χ4n) is 3.15. The van der Waals surface area contributed by atoms with E-state index in [1.54, 1.807) is 19.9 Å². The van der Waals surface area contributed by atoms with Crippen molar-refractivity contribution >= 4 is 38.7 Å². The number of rotatable bonds is 6. The van der Waals surface area contributed by atoms with Gasteiger partial charge in [-0.15, -0.1) is 0 Å². The number of sulfonamides is 1. The van der Waals surface area contributed by atoms with Gasteiger partial charge in [0.2, 0.25) is 0 Å². The van der Waals surface area contributed by atoms with Crippen molar-refractivity contribution < 1.29 is 31.9 Å². The second-order valence-corrected chi connectivity index (χ2v) is 8.24. The zero-order chi connectivity index (χ0) is 22.9. The molecule has 11 heteroatoms. The fourth-order valence-corrected chi connectivity index (χ4v) is 4.43. The molecule has 0 fully saturated rings. The molecule has 0 atom stereocenters. The Morgan fingerprint density at radius 3 is 2.13 bits per heavy atom. The number of oxazole rings is 1. The smallest absolute Gasteiger partial charge is 0.419 e. The van der Waals surface area contributed by atoms with Gasteiger partial charge in [0, 0.05) is 12.6 Å². The summed E-state index contributed by atoms with van der Waals surface area (Å²) < 4.78 is 44.3. The molecule has 0 amide bonds. The number of ether oxygens (including phenoxy) is 2. The molecule has 0 aliphatic heterocycles. The van der Waals surface area contributed by atoms with Crippen molar-refractivity contribution in [3.8, 4) is 0 Å². The van der Waals surface area contributed by atoms with Crippen molar-refractivity contribution in [2.24, 2.45) is 0 Å². The van der Waals surface area contributed by atoms with Gasteiger partial charge < -0.3 is 13.9 Å². The summed E-state index contributed by atoms with van der Waals surface area (Å²) in [6.45, 7) is 3.72. The highest BCUT2D eigenvalue weighted by Gasteiger charge is 2.22. The van der Waals surface area contributed by atoms with Gasteiger partial charge in [-0.05, 0) is 43.7 Å². The number of hydrogen-bond donors (Lipinski definition) is 1. The second-order valence-electron chi connectivity index (χ2n) is 6.59. The molecule has 0 saturated carbocycles. The minimum absolute atomic E-state index is 0.0405. The van der Waals surface area contributed by atoms with Crippen molar-refractivity contribution in [2.45, 2.75) is 25.3 Å². The highest BCUT2D eigenvalue weighted by molar-refractivity contribution is 7.92. The first-order valence-electron chi connectivity index (χ1n) is 9.09. The monoisotopic (exact) mass is 448 g/mol. The standard InChI is InChI=1S/C20H20N2O8S/c1-5-22-15-6-11(2)17(10-16(15)30-20(22)25)31(26,27)21-14-8-12(18(23)28-3)7-13(9-14)19(24)29-4/h6-10,21H,5H2,1-4H3. The van der Waals surface area contributed by atoms with E-state index in [0.29, 0.717) is 17.6 Å². The van der Waals surface area contributed by atoms with Crippen LogP contribution in [-0.2, 0) is 26.0 Å². The van der Waals surface area contributed by atoms with Gasteiger partial charge in [-0.25, -0.2) is 22.8 Å². The summed E-state index contributed by atoms with van der Waals surface area (Å²) in [4.78, 5) is 35.7. The van der Waals surface area contributed by atoms with Gasteiger partial charge in [-0.2, -0.15) is 0 Å². The predicted molar refractivity (Wildman–Crippen MR) is 111 cm³/mol. The molecule has 3 rings (SSSR count). The lowest BCUT2D eigenvalue weighted by atomic mass is 10.1. The Morgan fingerprint density at radius 1 is 1.03 bits per heavy atom. The summed E-state index contributed by atoms with van der Waals surface area (Å²) in [5.41, 5.74) is 0.847. The first-order valence-corrected chi connectivity index (χ1v) is 10.6. The molecule has 0 saturated heterocycles. The quantitative estimate of drug-likeness (QED) is 0.568. The summed E-state index contributed by atoms with van der Waals surface area (Å²) in [5, 5.41) is 0. The van der Waals surface area contributed by atoms with Gasteiger partial charge in [-0.1, -0.05) is 0 Å². The maximum Gasteiger partial charge on any atom is 0.419 e. The van der Waals surface area contributed by atoms with Crippen LogP contribution < -0.4 is 10.5 Å². The van der Waals surface area contributed by atoms with E-state index in [1.165, 1.54) is 28.8 Å². The summed E-state index contributed by atoms with van der Waals surface area (Å²) in [5.74, 6) is -2.11. The number of benzene rings is 2. The van der Waals surface area contributed by atoms with Gasteiger partial charge in [0.15, 0.2) is 5.58 Å². The van der Waals surface area contributed by atoms with Crippen LogP contribution in [0.5, 0.6) is 0 Å². The number of aromatic nitrogens is 1. The summed E-state index contributed by atoms with van der Waals surface area (Å²) in [7, 11) is -1.85. The molecule has 0 unspecified atom stereocenters. The Balaban J connectivity index is 2.10. The molecule has 0 radical (unpaired) electrons. The molecule has 1 heterocycles. The molecule has 0 aliphatic carbocycles. The van der Waals surface area contributed by atoms with Gasteiger partial charge in [0.05, 0.1) is 41.4 Å². The van der Waals surface area contributed by atoms with E-state index in [-0.39, 0.29) is 27.3 Å². The lowest BCUT2D eigenvalue weighted by Gasteiger charge is -2.13. The number of esters is 2. The van der Waals surface area contributed by atoms with Gasteiger partial charge in [0.25, 0.3) is 10.0 Å². The molecular formula is C20H20N2O8S. The summed E-state index contributed by atoms with van der Waals surface area (Å²) in [6, 6.07) is 6.50. The number of fused-ring (bicyclic) bond motifs is 1. The first-order chi connectivity index (χ1) is 14.6. The van der Waals surface area contributed by atoms with Crippen LogP contribution in [0.4, 0.5) is 5.69 Å². The number of nitrogens with zero attached hydrogens (tertiary/aromatic N) is 1. The Bertz CT molecular complexity index is 1320. The van der Waals surface area contributed by atoms with E-state index in [0.717, 1.165) is 14.2 Å². The Labute approximate surface area is 177 Å². The highest BCUT2D eigenvalue weighted by Crippen LogP contribution is 2.26. The largest absolute Gasteiger partial charge is 0.465 e. The van der Waals surface area contributed by atoms with E-state index in [4.69, 9.17) is 4.42 Å². The normalized spacial score (nSPS) is 11.4. The lowest BCUT2D eigenvalue weighted by molar-refractivity contribution is 0.0599. The van der Waals surface area contributed by atoms with Gasteiger partial charge >= 0.3 is 17.7 Å². The number of methoxy groups -OCH3 is 2. The zero-order valence-corrected chi connectivity index (χ0v) is 18.0. The van der Waals surface area contributed by atoms with Crippen molar-refractivity contribution in [1.82, 2.24) is 4.57 Å². The van der Waals surface area contributed by atoms with Crippen LogP contribution in [0.15, 0.2) is 44.4 Å². The summed E-state index contributed by atoms with van der Waals surface area (Å²) in [6.07, 6.45) is 0. The summed E-state index contributed by atoms with van der Waals surface area (Å²) >= 11 is 0. The molecule has 3 aromatic rings. The lowest BCUT2D eigenvalue weighted by Crippen LogP contribution is -2.16. The van der Waals surface area contributed by atoms with Crippen molar-refractivity contribution in [3.05, 3.63) is 57.6 Å². The van der Waals surface area contributed by atoms with Crippen LogP contribution in [0.25, 0.3) is 11.1 Å². The van der Waals surface area contributed by atoms with Crippen molar-refractivity contribution in [2.75, 3.05) is 18.9 Å². The average molecular weight is 448 g/mol. The molecular weight excluding hydrogens is 428 g/mol. The van der Waals surface area contributed by atoms with E-state index in [2.05, 4.69) is 14.2 Å². The van der Waals surface area contributed by atoms with E-state index in [9.17, 15) is 22.8 Å². The molecule has 0 bridgehead atoms. The molecule has 0 spiro atoms.